The van der Waals surface area contributed by atoms with Crippen LogP contribution in [-0.4, -0.2) is 43.9 Å². The lowest BCUT2D eigenvalue weighted by Gasteiger charge is -2.30. The molecule has 0 radical (unpaired) electrons. The van der Waals surface area contributed by atoms with Crippen LogP contribution in [0, 0.1) is 5.82 Å². The molecule has 0 spiro atoms. The molecule has 0 unspecified atom stereocenters. The van der Waals surface area contributed by atoms with Crippen molar-refractivity contribution in [2.75, 3.05) is 6.54 Å². The number of rotatable bonds is 5. The van der Waals surface area contributed by atoms with Gasteiger partial charge in [-0.1, -0.05) is 0 Å². The van der Waals surface area contributed by atoms with E-state index in [1.165, 1.54) is 6.07 Å². The molecule has 0 aliphatic rings. The van der Waals surface area contributed by atoms with Gasteiger partial charge in [-0.05, 0) is 52.8 Å². The average molecular weight is 348 g/mol. The maximum Gasteiger partial charge on any atom is 0.410 e. The molecule has 0 N–H and O–H groups in total. The first kappa shape index (κ1) is 18.9. The summed E-state index contributed by atoms with van der Waals surface area (Å²) in [5, 5.41) is 4.45. The smallest absolute Gasteiger partial charge is 0.410 e. The molecule has 7 heteroatoms. The number of likely N-dealkylation sites (N-methyl/N-ethyl adjacent to an activating group) is 1. The first-order chi connectivity index (χ1) is 11.7. The number of hydrogen-bond acceptors (Lipinski definition) is 4. The van der Waals surface area contributed by atoms with Gasteiger partial charge >= 0.3 is 6.09 Å². The van der Waals surface area contributed by atoms with E-state index in [4.69, 9.17) is 4.74 Å². The zero-order chi connectivity index (χ0) is 18.6. The van der Waals surface area contributed by atoms with Crippen LogP contribution in [0.4, 0.5) is 9.18 Å². The van der Waals surface area contributed by atoms with Crippen molar-refractivity contribution in [3.63, 3.8) is 0 Å². The molecule has 0 saturated carbocycles. The third-order valence-electron chi connectivity index (χ3n) is 3.58. The number of carbonyl (C=O) groups is 1. The van der Waals surface area contributed by atoms with E-state index in [2.05, 4.69) is 10.1 Å². The second kappa shape index (κ2) is 7.63. The molecule has 25 heavy (non-hydrogen) atoms. The Morgan fingerprint density at radius 3 is 2.60 bits per heavy atom. The lowest BCUT2D eigenvalue weighted by molar-refractivity contribution is 0.0171. The summed E-state index contributed by atoms with van der Waals surface area (Å²) in [6.07, 6.45) is 2.65. The molecule has 2 aromatic rings. The van der Waals surface area contributed by atoms with Gasteiger partial charge in [0.25, 0.3) is 0 Å². The minimum absolute atomic E-state index is 0.0891. The number of nitrogens with zero attached hydrogens (tertiary/aromatic N) is 4. The van der Waals surface area contributed by atoms with Gasteiger partial charge in [-0.2, -0.15) is 5.10 Å². The van der Waals surface area contributed by atoms with Crippen molar-refractivity contribution in [1.29, 1.82) is 0 Å². The summed E-state index contributed by atoms with van der Waals surface area (Å²) < 4.78 is 20.2. The zero-order valence-corrected chi connectivity index (χ0v) is 15.4. The molecule has 0 bridgehead atoms. The van der Waals surface area contributed by atoms with Crippen LogP contribution in [0.2, 0.25) is 0 Å². The molecule has 2 aromatic heterocycles. The summed E-state index contributed by atoms with van der Waals surface area (Å²) in [5.41, 5.74) is 0.733. The van der Waals surface area contributed by atoms with Crippen molar-refractivity contribution in [3.8, 4) is 11.4 Å². The van der Waals surface area contributed by atoms with E-state index in [1.807, 2.05) is 46.9 Å². The topological polar surface area (TPSA) is 60.2 Å². The van der Waals surface area contributed by atoms with Crippen LogP contribution in [-0.2, 0) is 11.3 Å². The largest absolute Gasteiger partial charge is 0.444 e. The highest BCUT2D eigenvalue weighted by Crippen LogP contribution is 2.16. The van der Waals surface area contributed by atoms with E-state index in [0.29, 0.717) is 24.5 Å². The van der Waals surface area contributed by atoms with Crippen LogP contribution in [0.15, 0.2) is 30.6 Å². The predicted molar refractivity (Wildman–Crippen MR) is 93.5 cm³/mol. The summed E-state index contributed by atoms with van der Waals surface area (Å²) >= 11 is 0. The molecule has 2 heterocycles. The van der Waals surface area contributed by atoms with Gasteiger partial charge in [0.1, 0.15) is 17.1 Å². The molecule has 0 saturated heterocycles. The Balaban J connectivity index is 2.05. The summed E-state index contributed by atoms with van der Waals surface area (Å²) in [6, 6.07) is 4.67. The van der Waals surface area contributed by atoms with Crippen LogP contribution in [0.5, 0.6) is 0 Å². The van der Waals surface area contributed by atoms with Gasteiger partial charge in [-0.15, -0.1) is 0 Å². The van der Waals surface area contributed by atoms with E-state index in [1.54, 1.807) is 15.6 Å². The summed E-state index contributed by atoms with van der Waals surface area (Å²) in [5.74, 6) is -0.382. The van der Waals surface area contributed by atoms with E-state index < -0.39 is 5.60 Å². The zero-order valence-electron chi connectivity index (χ0n) is 15.4. The van der Waals surface area contributed by atoms with Gasteiger partial charge in [0.05, 0.1) is 24.5 Å². The number of aromatic nitrogens is 3. The van der Waals surface area contributed by atoms with Crippen molar-refractivity contribution in [3.05, 3.63) is 36.4 Å². The van der Waals surface area contributed by atoms with Crippen LogP contribution in [0.1, 0.15) is 34.6 Å². The van der Waals surface area contributed by atoms with Gasteiger partial charge < -0.3 is 9.64 Å². The Kier molecular flexibility index (Phi) is 5.77. The molecule has 0 aliphatic carbocycles. The highest BCUT2D eigenvalue weighted by molar-refractivity contribution is 5.68. The maximum atomic E-state index is 13.0. The summed E-state index contributed by atoms with van der Waals surface area (Å²) in [6.45, 7) is 10.5. The van der Waals surface area contributed by atoms with E-state index in [9.17, 15) is 9.18 Å². The van der Waals surface area contributed by atoms with Crippen LogP contribution in [0.25, 0.3) is 11.4 Å². The summed E-state index contributed by atoms with van der Waals surface area (Å²) in [4.78, 5) is 18.0. The molecule has 6 nitrogen and oxygen atoms in total. The predicted octanol–water partition coefficient (Wildman–Crippen LogP) is 3.73. The maximum absolute atomic E-state index is 13.0. The van der Waals surface area contributed by atoms with Crippen LogP contribution < -0.4 is 0 Å². The Labute approximate surface area is 147 Å². The van der Waals surface area contributed by atoms with Crippen molar-refractivity contribution < 1.29 is 13.9 Å². The molecule has 2 rings (SSSR count). The Bertz CT molecular complexity index is 707. The lowest BCUT2D eigenvalue weighted by atomic mass is 10.2. The first-order valence-corrected chi connectivity index (χ1v) is 8.34. The molecular formula is C18H25FN4O2. The molecule has 136 valence electrons. The van der Waals surface area contributed by atoms with Crippen molar-refractivity contribution in [1.82, 2.24) is 19.7 Å². The fraction of sp³-hybridized carbons (Fsp3) is 0.500. The minimum atomic E-state index is -0.530. The Morgan fingerprint density at radius 1 is 1.32 bits per heavy atom. The molecule has 0 aliphatic heterocycles. The Hall–Kier alpha value is -2.44. The molecule has 0 aromatic carbocycles. The van der Waals surface area contributed by atoms with Crippen molar-refractivity contribution in [2.24, 2.45) is 0 Å². The molecule has 1 amide bonds. The van der Waals surface area contributed by atoms with Gasteiger partial charge in [-0.3, -0.25) is 9.67 Å². The van der Waals surface area contributed by atoms with Crippen LogP contribution >= 0.6 is 0 Å². The lowest BCUT2D eigenvalue weighted by Crippen LogP contribution is -2.43. The first-order valence-electron chi connectivity index (χ1n) is 8.34. The van der Waals surface area contributed by atoms with E-state index in [-0.39, 0.29) is 18.0 Å². The highest BCUT2D eigenvalue weighted by atomic mass is 19.1. The third-order valence-corrected chi connectivity index (χ3v) is 3.58. The van der Waals surface area contributed by atoms with Crippen molar-refractivity contribution in [2.45, 2.75) is 52.8 Å². The van der Waals surface area contributed by atoms with Crippen molar-refractivity contribution >= 4 is 6.09 Å². The average Bonchev–Trinajstić information content (AvgIpc) is 2.95. The van der Waals surface area contributed by atoms with Gasteiger partial charge in [0, 0.05) is 12.7 Å². The number of halogens is 1. The standard InChI is InChI=1S/C18H25FN4O2/c1-6-23(17(24)25-18(3,4)5)13(2)12-22-10-9-16(21-22)15-8-7-14(19)11-20-15/h7-11,13H,6,12H2,1-5H3/t13-/m1/s1. The van der Waals surface area contributed by atoms with Gasteiger partial charge in [0.2, 0.25) is 0 Å². The number of pyridine rings is 1. The van der Waals surface area contributed by atoms with Gasteiger partial charge in [-0.25, -0.2) is 9.18 Å². The Morgan fingerprint density at radius 2 is 2.04 bits per heavy atom. The SMILES string of the molecule is CCN(C(=O)OC(C)(C)C)[C@H](C)Cn1ccc(-c2ccc(F)cn2)n1. The second-order valence-electron chi connectivity index (χ2n) is 6.90. The second-order valence-corrected chi connectivity index (χ2v) is 6.90. The molecular weight excluding hydrogens is 323 g/mol. The number of carbonyl (C=O) groups excluding carboxylic acids is 1. The quantitative estimate of drug-likeness (QED) is 0.826. The molecule has 1 atom stereocenters. The number of ether oxygens (including phenoxy) is 1. The minimum Gasteiger partial charge on any atom is -0.444 e. The molecule has 0 fully saturated rings. The van der Waals surface area contributed by atoms with E-state index in [0.717, 1.165) is 6.20 Å². The number of hydrogen-bond donors (Lipinski definition) is 0. The monoisotopic (exact) mass is 348 g/mol. The van der Waals surface area contributed by atoms with E-state index >= 15 is 0 Å². The third kappa shape index (κ3) is 5.27. The fourth-order valence-corrected chi connectivity index (χ4v) is 2.44. The van der Waals surface area contributed by atoms with Crippen LogP contribution in [0.3, 0.4) is 0 Å². The highest BCUT2D eigenvalue weighted by Gasteiger charge is 2.25. The number of amides is 1. The fourth-order valence-electron chi connectivity index (χ4n) is 2.44. The van der Waals surface area contributed by atoms with Gasteiger partial charge in [0.15, 0.2) is 0 Å². The summed E-state index contributed by atoms with van der Waals surface area (Å²) in [7, 11) is 0. The normalized spacial score (nSPS) is 12.7.